The van der Waals surface area contributed by atoms with Crippen LogP contribution in [0.5, 0.6) is 0 Å². The van der Waals surface area contributed by atoms with Gasteiger partial charge in [-0.25, -0.2) is 4.79 Å². The van der Waals surface area contributed by atoms with Gasteiger partial charge in [0.05, 0.1) is 17.2 Å². The van der Waals surface area contributed by atoms with E-state index in [0.717, 1.165) is 72.2 Å². The standard InChI is InChI=1S/C44H56N6O3/c1-27(2)53-43(52)48-42(49-19-16-33(26-49)32-14-17-45-18-15-32)46-24-30(5)39-37-23-35(44(6,7)41(51)50-25-31-8-11-36(50)12-9-31)10-13-38(37)47-40(39)34-21-28(3)20-29(4)22-34/h10,13-15,17-18,20-23,27,30-31,33,36,47H,8-9,11-12,16,19,24-26H2,1-7H3,(H,46,48,52)/t30-,31?,33?,36?/m0/s1. The first kappa shape index (κ1) is 36.7. The second kappa shape index (κ2) is 15.0. The van der Waals surface area contributed by atoms with Gasteiger partial charge in [-0.2, -0.15) is 0 Å². The van der Waals surface area contributed by atoms with E-state index in [1.165, 1.54) is 29.5 Å². The minimum Gasteiger partial charge on any atom is -0.447 e. The van der Waals surface area contributed by atoms with Crippen LogP contribution < -0.4 is 5.32 Å². The van der Waals surface area contributed by atoms with Gasteiger partial charge in [0.25, 0.3) is 0 Å². The first-order chi connectivity index (χ1) is 25.4. The van der Waals surface area contributed by atoms with Crippen molar-refractivity contribution >= 4 is 28.9 Å². The molecular formula is C44H56N6O3. The average Bonchev–Trinajstić information content (AvgIpc) is 3.79. The molecule has 3 saturated heterocycles. The van der Waals surface area contributed by atoms with Crippen molar-refractivity contribution in [3.05, 3.63) is 88.7 Å². The van der Waals surface area contributed by atoms with Crippen molar-refractivity contribution in [2.24, 2.45) is 10.9 Å². The maximum Gasteiger partial charge on any atom is 0.414 e. The fourth-order valence-electron chi connectivity index (χ4n) is 8.99. The average molecular weight is 717 g/mol. The summed E-state index contributed by atoms with van der Waals surface area (Å²) in [6.07, 6.45) is 8.61. The van der Waals surface area contributed by atoms with Crippen molar-refractivity contribution in [2.75, 3.05) is 26.2 Å². The Morgan fingerprint density at radius 3 is 2.34 bits per heavy atom. The van der Waals surface area contributed by atoms with Crippen LogP contribution in [0, 0.1) is 19.8 Å². The van der Waals surface area contributed by atoms with E-state index < -0.39 is 11.5 Å². The minimum absolute atomic E-state index is 0.0250. The Morgan fingerprint density at radius 2 is 1.68 bits per heavy atom. The lowest BCUT2D eigenvalue weighted by molar-refractivity contribution is -0.144. The van der Waals surface area contributed by atoms with Gasteiger partial charge in [-0.3, -0.25) is 20.1 Å². The Balaban J connectivity index is 1.24. The SMILES string of the molecule is Cc1cc(C)cc(-c2[nH]c3ccc(C(C)(C)C(=O)N4CC5CCC4CC5)cc3c2[C@@H](C)CN=C(NC(=O)OC(C)C)N2CCC(c3ccncc3)C2)c1. The number of aromatic amines is 1. The number of H-pyrrole nitrogens is 1. The fraction of sp³-hybridized carbons (Fsp3) is 0.500. The number of likely N-dealkylation sites (tertiary alicyclic amines) is 1. The van der Waals surface area contributed by atoms with E-state index in [1.54, 1.807) is 0 Å². The van der Waals surface area contributed by atoms with Crippen LogP contribution in [-0.2, 0) is 14.9 Å². The normalized spacial score (nSPS) is 21.1. The van der Waals surface area contributed by atoms with E-state index in [1.807, 2.05) is 26.2 Å². The Labute approximate surface area is 314 Å². The molecule has 2 aromatic carbocycles. The summed E-state index contributed by atoms with van der Waals surface area (Å²) in [5, 5.41) is 4.10. The quantitative estimate of drug-likeness (QED) is 0.141. The number of pyridine rings is 1. The molecule has 280 valence electrons. The number of alkyl carbamates (subject to hydrolysis) is 1. The highest BCUT2D eigenvalue weighted by Gasteiger charge is 2.42. The number of hydrogen-bond donors (Lipinski definition) is 2. The van der Waals surface area contributed by atoms with Crippen LogP contribution >= 0.6 is 0 Å². The van der Waals surface area contributed by atoms with Gasteiger partial charge in [-0.15, -0.1) is 0 Å². The van der Waals surface area contributed by atoms with Crippen LogP contribution in [0.25, 0.3) is 22.2 Å². The molecule has 0 radical (unpaired) electrons. The summed E-state index contributed by atoms with van der Waals surface area (Å²) in [5.74, 6) is 1.69. The van der Waals surface area contributed by atoms with Crippen LogP contribution in [0.3, 0.4) is 0 Å². The van der Waals surface area contributed by atoms with E-state index in [4.69, 9.17) is 9.73 Å². The third-order valence-electron chi connectivity index (χ3n) is 11.8. The van der Waals surface area contributed by atoms with E-state index >= 15 is 0 Å². The third-order valence-corrected chi connectivity index (χ3v) is 11.8. The van der Waals surface area contributed by atoms with Gasteiger partial charge in [0, 0.05) is 67.4 Å². The molecule has 2 N–H and O–H groups in total. The molecule has 2 aromatic heterocycles. The molecule has 8 rings (SSSR count). The van der Waals surface area contributed by atoms with Gasteiger partial charge >= 0.3 is 6.09 Å². The molecular weight excluding hydrogens is 661 g/mol. The molecule has 2 bridgehead atoms. The van der Waals surface area contributed by atoms with E-state index in [0.29, 0.717) is 30.4 Å². The Morgan fingerprint density at radius 1 is 0.962 bits per heavy atom. The molecule has 3 aliphatic heterocycles. The monoisotopic (exact) mass is 716 g/mol. The molecule has 4 fully saturated rings. The van der Waals surface area contributed by atoms with Gasteiger partial charge in [0.1, 0.15) is 0 Å². The number of amides is 2. The summed E-state index contributed by atoms with van der Waals surface area (Å²) < 4.78 is 5.51. The number of rotatable bonds is 8. The van der Waals surface area contributed by atoms with Crippen molar-refractivity contribution in [1.29, 1.82) is 0 Å². The summed E-state index contributed by atoms with van der Waals surface area (Å²) in [5.41, 5.74) is 8.39. The first-order valence-corrected chi connectivity index (χ1v) is 19.6. The number of nitrogens with one attached hydrogen (secondary N) is 2. The predicted molar refractivity (Wildman–Crippen MR) is 212 cm³/mol. The van der Waals surface area contributed by atoms with Crippen molar-refractivity contribution in [1.82, 2.24) is 25.1 Å². The Hall–Kier alpha value is -4.66. The number of hydrogen-bond acceptors (Lipinski definition) is 5. The molecule has 5 heterocycles. The molecule has 53 heavy (non-hydrogen) atoms. The zero-order valence-corrected chi connectivity index (χ0v) is 32.5. The van der Waals surface area contributed by atoms with Gasteiger partial charge in [0.15, 0.2) is 0 Å². The second-order valence-corrected chi connectivity index (χ2v) is 16.7. The lowest BCUT2D eigenvalue weighted by Gasteiger charge is -2.47. The molecule has 1 aliphatic carbocycles. The van der Waals surface area contributed by atoms with Crippen LogP contribution in [0.4, 0.5) is 4.79 Å². The summed E-state index contributed by atoms with van der Waals surface area (Å²) in [7, 11) is 0. The van der Waals surface area contributed by atoms with Gasteiger partial charge in [-0.05, 0) is 138 Å². The predicted octanol–water partition coefficient (Wildman–Crippen LogP) is 8.61. The maximum absolute atomic E-state index is 14.3. The Kier molecular flexibility index (Phi) is 10.4. The smallest absolute Gasteiger partial charge is 0.414 e. The van der Waals surface area contributed by atoms with E-state index in [9.17, 15) is 9.59 Å². The molecule has 9 heteroatoms. The molecule has 4 aromatic rings. The number of benzene rings is 2. The molecule has 2 amide bonds. The molecule has 2 atom stereocenters. The van der Waals surface area contributed by atoms with Crippen LogP contribution in [0.1, 0.15) is 106 Å². The summed E-state index contributed by atoms with van der Waals surface area (Å²) >= 11 is 0. The molecule has 1 unspecified atom stereocenters. The summed E-state index contributed by atoms with van der Waals surface area (Å²) in [6.45, 7) is 17.2. The number of guanidine groups is 1. The molecule has 1 saturated carbocycles. The Bertz CT molecular complexity index is 1970. The van der Waals surface area contributed by atoms with Crippen molar-refractivity contribution in [3.63, 3.8) is 0 Å². The number of fused-ring (bicyclic) bond motifs is 4. The zero-order chi connectivity index (χ0) is 37.4. The lowest BCUT2D eigenvalue weighted by Crippen LogP contribution is -2.55. The number of aliphatic imine (C=N–C) groups is 1. The lowest BCUT2D eigenvalue weighted by atomic mass is 9.76. The zero-order valence-electron chi connectivity index (χ0n) is 32.5. The molecule has 9 nitrogen and oxygen atoms in total. The number of carbonyl (C=O) groups is 2. The van der Waals surface area contributed by atoms with Gasteiger partial charge in [-0.1, -0.05) is 30.2 Å². The second-order valence-electron chi connectivity index (χ2n) is 16.7. The van der Waals surface area contributed by atoms with Crippen molar-refractivity contribution < 1.29 is 14.3 Å². The third kappa shape index (κ3) is 7.71. The van der Waals surface area contributed by atoms with E-state index in [2.05, 4.69) is 108 Å². The van der Waals surface area contributed by atoms with Crippen LogP contribution in [0.15, 0.2) is 65.9 Å². The number of carbonyl (C=O) groups excluding carboxylic acids is 2. The maximum atomic E-state index is 14.3. The number of aromatic nitrogens is 2. The highest BCUT2D eigenvalue weighted by molar-refractivity contribution is 5.96. The van der Waals surface area contributed by atoms with Crippen LogP contribution in [0.2, 0.25) is 0 Å². The highest BCUT2D eigenvalue weighted by atomic mass is 16.6. The summed E-state index contributed by atoms with van der Waals surface area (Å²) in [4.78, 5) is 44.7. The van der Waals surface area contributed by atoms with Gasteiger partial charge < -0.3 is 19.5 Å². The van der Waals surface area contributed by atoms with Crippen molar-refractivity contribution in [3.8, 4) is 11.3 Å². The highest BCUT2D eigenvalue weighted by Crippen LogP contribution is 2.41. The first-order valence-electron chi connectivity index (χ1n) is 19.6. The number of aryl methyl sites for hydroxylation is 2. The molecule has 0 spiro atoms. The fourth-order valence-corrected chi connectivity index (χ4v) is 8.99. The van der Waals surface area contributed by atoms with Crippen LogP contribution in [-0.4, -0.2) is 76.1 Å². The van der Waals surface area contributed by atoms with Crippen molar-refractivity contribution in [2.45, 2.75) is 110 Å². The topological polar surface area (TPSA) is 103 Å². The summed E-state index contributed by atoms with van der Waals surface area (Å²) in [6, 6.07) is 17.7. The number of nitrogens with zero attached hydrogens (tertiary/aromatic N) is 4. The van der Waals surface area contributed by atoms with E-state index in [-0.39, 0.29) is 17.9 Å². The van der Waals surface area contributed by atoms with Gasteiger partial charge in [0.2, 0.25) is 11.9 Å². The number of ether oxygens (including phenoxy) is 1. The minimum atomic E-state index is -0.670. The number of piperidine rings is 2. The largest absolute Gasteiger partial charge is 0.447 e. The molecule has 4 aliphatic rings.